The lowest BCUT2D eigenvalue weighted by atomic mass is 10.0. The molecule has 1 heterocycles. The molecule has 0 aromatic heterocycles. The van der Waals surface area contributed by atoms with Gasteiger partial charge in [0.15, 0.2) is 0 Å². The molecule has 1 aromatic carbocycles. The fraction of sp³-hybridized carbons (Fsp3) is 0.600. The van der Waals surface area contributed by atoms with E-state index in [1.807, 2.05) is 12.1 Å². The Morgan fingerprint density at radius 3 is 2.59 bits per heavy atom. The van der Waals surface area contributed by atoms with E-state index in [2.05, 4.69) is 34.7 Å². The summed E-state index contributed by atoms with van der Waals surface area (Å²) in [5, 5.41) is 11.4. The summed E-state index contributed by atoms with van der Waals surface area (Å²) in [6.45, 7) is 4.98. The van der Waals surface area contributed by atoms with Crippen LogP contribution in [0.2, 0.25) is 0 Å². The zero-order valence-electron chi connectivity index (χ0n) is 12.8. The molecule has 1 aliphatic heterocycles. The second-order valence-electron chi connectivity index (χ2n) is 6.02. The van der Waals surface area contributed by atoms with Gasteiger partial charge in [0.1, 0.15) is 5.69 Å². The van der Waals surface area contributed by atoms with Crippen molar-refractivity contribution in [2.75, 3.05) is 23.0 Å². The van der Waals surface area contributed by atoms with Crippen molar-refractivity contribution in [3.05, 3.63) is 32.8 Å². The molecule has 0 spiro atoms. The molecule has 7 heteroatoms. The average molecular weight is 389 g/mol. The van der Waals surface area contributed by atoms with E-state index in [0.29, 0.717) is 27.6 Å². The summed E-state index contributed by atoms with van der Waals surface area (Å²) in [5.41, 5.74) is 0.793. The van der Waals surface area contributed by atoms with Crippen molar-refractivity contribution in [1.82, 2.24) is 0 Å². The molecule has 22 heavy (non-hydrogen) atoms. The highest BCUT2D eigenvalue weighted by atomic mass is 79.9. The number of nitro groups is 1. The molecule has 1 aromatic rings. The minimum Gasteiger partial charge on any atom is -0.363 e. The first kappa shape index (κ1) is 17.4. The molecule has 0 amide bonds. The number of nitrogens with zero attached hydrogens (tertiary/aromatic N) is 2. The van der Waals surface area contributed by atoms with Crippen LogP contribution < -0.4 is 4.90 Å². The van der Waals surface area contributed by atoms with Gasteiger partial charge in [-0.2, -0.15) is 0 Å². The number of nitro benzene ring substituents is 1. The average Bonchev–Trinajstić information content (AvgIpc) is 2.45. The van der Waals surface area contributed by atoms with Crippen molar-refractivity contribution in [2.45, 2.75) is 32.7 Å². The number of hydrogen-bond acceptors (Lipinski definition) is 4. The molecule has 0 bridgehead atoms. The van der Waals surface area contributed by atoms with Crippen LogP contribution in [0.25, 0.3) is 0 Å². The van der Waals surface area contributed by atoms with Gasteiger partial charge in [-0.15, -0.1) is 0 Å². The summed E-state index contributed by atoms with van der Waals surface area (Å²) in [6, 6.07) is 5.44. The molecule has 1 aliphatic rings. The first-order valence-electron chi connectivity index (χ1n) is 7.44. The zero-order chi connectivity index (χ0) is 16.3. The van der Waals surface area contributed by atoms with E-state index in [9.17, 15) is 14.3 Å². The molecule has 1 fully saturated rings. The summed E-state index contributed by atoms with van der Waals surface area (Å²) in [6.07, 6.45) is 1.65. The van der Waals surface area contributed by atoms with Crippen molar-refractivity contribution >= 4 is 38.1 Å². The topological polar surface area (TPSA) is 63.4 Å². The maximum Gasteiger partial charge on any atom is 0.293 e. The Bertz CT molecular complexity index is 570. The number of halogens is 1. The van der Waals surface area contributed by atoms with Gasteiger partial charge in [0.25, 0.3) is 5.69 Å². The number of rotatable bonds is 5. The van der Waals surface area contributed by atoms with Gasteiger partial charge in [-0.25, -0.2) is 0 Å². The zero-order valence-corrected chi connectivity index (χ0v) is 15.2. The van der Waals surface area contributed by atoms with Crippen LogP contribution in [0.4, 0.5) is 11.4 Å². The van der Waals surface area contributed by atoms with Gasteiger partial charge in [-0.1, -0.05) is 29.8 Å². The second kappa shape index (κ2) is 7.55. The maximum absolute atomic E-state index is 11.6. The van der Waals surface area contributed by atoms with Crippen LogP contribution in [0.5, 0.6) is 0 Å². The van der Waals surface area contributed by atoms with Gasteiger partial charge in [0, 0.05) is 45.4 Å². The third-order valence-electron chi connectivity index (χ3n) is 3.80. The molecule has 122 valence electrons. The third-order valence-corrected chi connectivity index (χ3v) is 5.68. The Kier molecular flexibility index (Phi) is 5.97. The molecule has 2 rings (SSSR count). The SMILES string of the molecule is CC(C)CN(c1ccc(Br)cc1[N+](=O)[O-])C1CCS(=O)CC1. The third kappa shape index (κ3) is 4.29. The lowest BCUT2D eigenvalue weighted by Crippen LogP contribution is -2.42. The minimum atomic E-state index is -0.732. The number of anilines is 1. The highest BCUT2D eigenvalue weighted by Crippen LogP contribution is 2.34. The summed E-state index contributed by atoms with van der Waals surface area (Å²) in [5.74, 6) is 1.77. The van der Waals surface area contributed by atoms with Crippen molar-refractivity contribution in [2.24, 2.45) is 5.92 Å². The normalized spacial score (nSPS) is 21.8. The van der Waals surface area contributed by atoms with Crippen molar-refractivity contribution < 1.29 is 9.13 Å². The molecular weight excluding hydrogens is 368 g/mol. The molecular formula is C15H21BrN2O3S. The van der Waals surface area contributed by atoms with Crippen LogP contribution in [0, 0.1) is 16.0 Å². The van der Waals surface area contributed by atoms with Gasteiger partial charge in [-0.05, 0) is 30.9 Å². The summed E-state index contributed by atoms with van der Waals surface area (Å²) in [4.78, 5) is 13.2. The molecule has 0 radical (unpaired) electrons. The van der Waals surface area contributed by atoms with E-state index in [1.165, 1.54) is 0 Å². The molecule has 0 saturated carbocycles. The van der Waals surface area contributed by atoms with Crippen molar-refractivity contribution in [1.29, 1.82) is 0 Å². The van der Waals surface area contributed by atoms with E-state index in [-0.39, 0.29) is 16.7 Å². The number of hydrogen-bond donors (Lipinski definition) is 0. The first-order valence-corrected chi connectivity index (χ1v) is 9.72. The monoisotopic (exact) mass is 388 g/mol. The van der Waals surface area contributed by atoms with Gasteiger partial charge in [0.05, 0.1) is 4.92 Å². The van der Waals surface area contributed by atoms with Crippen LogP contribution in [0.15, 0.2) is 22.7 Å². The highest BCUT2D eigenvalue weighted by molar-refractivity contribution is 9.10. The second-order valence-corrected chi connectivity index (χ2v) is 8.63. The van der Waals surface area contributed by atoms with Gasteiger partial charge in [0.2, 0.25) is 0 Å². The molecule has 0 N–H and O–H groups in total. The highest BCUT2D eigenvalue weighted by Gasteiger charge is 2.29. The van der Waals surface area contributed by atoms with Gasteiger partial charge < -0.3 is 4.90 Å². The number of benzene rings is 1. The fourth-order valence-corrected chi connectivity index (χ4v) is 4.44. The Morgan fingerprint density at radius 2 is 2.05 bits per heavy atom. The Balaban J connectivity index is 2.37. The van der Waals surface area contributed by atoms with E-state index in [4.69, 9.17) is 0 Å². The summed E-state index contributed by atoms with van der Waals surface area (Å²) >= 11 is 3.31. The van der Waals surface area contributed by atoms with Crippen LogP contribution in [-0.2, 0) is 10.8 Å². The van der Waals surface area contributed by atoms with E-state index in [0.717, 1.165) is 19.4 Å². The van der Waals surface area contributed by atoms with E-state index < -0.39 is 10.8 Å². The quantitative estimate of drug-likeness (QED) is 0.569. The lowest BCUT2D eigenvalue weighted by Gasteiger charge is -2.36. The summed E-state index contributed by atoms with van der Waals surface area (Å²) < 4.78 is 12.3. The molecule has 0 aliphatic carbocycles. The van der Waals surface area contributed by atoms with Gasteiger partial charge >= 0.3 is 0 Å². The Hall–Kier alpha value is -0.950. The summed E-state index contributed by atoms with van der Waals surface area (Å²) in [7, 11) is -0.732. The van der Waals surface area contributed by atoms with Crippen LogP contribution >= 0.6 is 15.9 Å². The molecule has 0 atom stereocenters. The first-order chi connectivity index (χ1) is 10.4. The fourth-order valence-electron chi connectivity index (χ4n) is 2.82. The molecule has 1 saturated heterocycles. The van der Waals surface area contributed by atoms with Gasteiger partial charge in [-0.3, -0.25) is 14.3 Å². The predicted molar refractivity (Wildman–Crippen MR) is 93.9 cm³/mol. The Labute approximate surface area is 141 Å². The van der Waals surface area contributed by atoms with Crippen LogP contribution in [0.3, 0.4) is 0 Å². The van der Waals surface area contributed by atoms with E-state index in [1.54, 1.807) is 6.07 Å². The smallest absolute Gasteiger partial charge is 0.293 e. The minimum absolute atomic E-state index is 0.127. The molecule has 0 unspecified atom stereocenters. The largest absolute Gasteiger partial charge is 0.363 e. The maximum atomic E-state index is 11.6. The molecule has 5 nitrogen and oxygen atoms in total. The standard InChI is InChI=1S/C15H21BrN2O3S/c1-11(2)10-17(13-5-7-22(21)8-6-13)14-4-3-12(16)9-15(14)18(19)20/h3-4,9,11,13H,5-8,10H2,1-2H3. The van der Waals surface area contributed by atoms with E-state index >= 15 is 0 Å². The van der Waals surface area contributed by atoms with Crippen LogP contribution in [0.1, 0.15) is 26.7 Å². The van der Waals surface area contributed by atoms with Crippen molar-refractivity contribution in [3.8, 4) is 0 Å². The van der Waals surface area contributed by atoms with Crippen LogP contribution in [-0.4, -0.2) is 33.2 Å². The predicted octanol–water partition coefficient (Wildman–Crippen LogP) is 3.73. The van der Waals surface area contributed by atoms with Crippen molar-refractivity contribution in [3.63, 3.8) is 0 Å². The Morgan fingerprint density at radius 1 is 1.41 bits per heavy atom. The lowest BCUT2D eigenvalue weighted by molar-refractivity contribution is -0.384.